The molecule has 13 heavy (non-hydrogen) atoms. The molecule has 0 amide bonds. The second-order valence-electron chi connectivity index (χ2n) is 2.40. The summed E-state index contributed by atoms with van der Waals surface area (Å²) in [6.45, 7) is 0. The minimum absolute atomic E-state index is 0.921. The van der Waals surface area contributed by atoms with Gasteiger partial charge in [-0.05, 0) is 6.42 Å². The molecule has 0 aromatic carbocycles. The lowest BCUT2D eigenvalue weighted by atomic mass is 10.0. The third-order valence-electron chi connectivity index (χ3n) is 1.36. The van der Waals surface area contributed by atoms with E-state index in [1.165, 1.54) is 0 Å². The van der Waals surface area contributed by atoms with Crippen LogP contribution in [0.5, 0.6) is 0 Å². The van der Waals surface area contributed by atoms with E-state index in [1.807, 2.05) is 0 Å². The highest BCUT2D eigenvalue weighted by Crippen LogP contribution is 2.28. The molecule has 0 fully saturated rings. The molecule has 0 aromatic rings. The second kappa shape index (κ2) is 4.09. The van der Waals surface area contributed by atoms with Gasteiger partial charge >= 0.3 is 12.1 Å². The van der Waals surface area contributed by atoms with Gasteiger partial charge in [-0.25, -0.2) is 0 Å². The number of nitriles is 1. The average molecular weight is 196 g/mol. The van der Waals surface area contributed by atoms with Gasteiger partial charge in [-0.2, -0.15) is 18.4 Å². The maximum atomic E-state index is 11.9. The molecule has 0 rings (SSSR count). The topological polar surface area (TPSA) is 87.1 Å². The van der Waals surface area contributed by atoms with Crippen molar-refractivity contribution in [2.24, 2.45) is 11.7 Å². The van der Waals surface area contributed by atoms with Crippen LogP contribution in [-0.4, -0.2) is 23.3 Å². The lowest BCUT2D eigenvalue weighted by molar-refractivity contribution is -0.163. The van der Waals surface area contributed by atoms with Gasteiger partial charge in [0, 0.05) is 0 Å². The van der Waals surface area contributed by atoms with Gasteiger partial charge in [0.1, 0.15) is 12.0 Å². The van der Waals surface area contributed by atoms with Crippen molar-refractivity contribution in [3.05, 3.63) is 0 Å². The van der Waals surface area contributed by atoms with Gasteiger partial charge in [0.2, 0.25) is 0 Å². The largest absolute Gasteiger partial charge is 0.480 e. The van der Waals surface area contributed by atoms with Crippen LogP contribution in [-0.2, 0) is 4.79 Å². The first-order valence-corrected chi connectivity index (χ1v) is 3.23. The Morgan fingerprint density at radius 3 is 2.31 bits per heavy atom. The third kappa shape index (κ3) is 3.75. The second-order valence-corrected chi connectivity index (χ2v) is 2.40. The summed E-state index contributed by atoms with van der Waals surface area (Å²) in [6, 6.07) is -0.701. The van der Waals surface area contributed by atoms with E-state index in [0.29, 0.717) is 0 Å². The van der Waals surface area contributed by atoms with Gasteiger partial charge in [-0.3, -0.25) is 4.79 Å². The first-order chi connectivity index (χ1) is 5.79. The molecule has 0 aliphatic rings. The number of carboxylic acid groups (broad SMARTS) is 1. The van der Waals surface area contributed by atoms with E-state index in [1.54, 1.807) is 0 Å². The van der Waals surface area contributed by atoms with Crippen LogP contribution < -0.4 is 5.73 Å². The zero-order valence-corrected chi connectivity index (χ0v) is 6.38. The molecule has 0 heterocycles. The van der Waals surface area contributed by atoms with E-state index in [-0.39, 0.29) is 0 Å². The molecule has 0 saturated heterocycles. The van der Waals surface area contributed by atoms with Crippen molar-refractivity contribution in [1.29, 1.82) is 5.26 Å². The molecule has 2 atom stereocenters. The van der Waals surface area contributed by atoms with E-state index in [0.717, 1.165) is 6.07 Å². The van der Waals surface area contributed by atoms with E-state index < -0.39 is 30.5 Å². The van der Waals surface area contributed by atoms with Crippen LogP contribution in [0.25, 0.3) is 0 Å². The van der Waals surface area contributed by atoms with E-state index in [2.05, 4.69) is 0 Å². The van der Waals surface area contributed by atoms with Gasteiger partial charge in [0.05, 0.1) is 6.07 Å². The standard InChI is InChI=1S/C6H7F3N2O2/c7-6(8,9)3(2-10)1-4(11)5(12)13/h3-4H,1,11H2,(H,12,13)/t3?,4-/m0/s1. The lowest BCUT2D eigenvalue weighted by Gasteiger charge is -2.14. The molecule has 0 radical (unpaired) electrons. The van der Waals surface area contributed by atoms with Gasteiger partial charge < -0.3 is 10.8 Å². The Hall–Kier alpha value is -1.29. The average Bonchev–Trinajstić information content (AvgIpc) is 1.96. The molecule has 0 bridgehead atoms. The molecule has 0 aliphatic heterocycles. The summed E-state index contributed by atoms with van der Waals surface area (Å²) in [5, 5.41) is 16.3. The zero-order chi connectivity index (χ0) is 10.6. The Labute approximate surface area is 71.7 Å². The summed E-state index contributed by atoms with van der Waals surface area (Å²) in [5.74, 6) is -3.87. The maximum Gasteiger partial charge on any atom is 0.404 e. The number of hydrogen-bond donors (Lipinski definition) is 2. The van der Waals surface area contributed by atoms with Crippen molar-refractivity contribution in [3.8, 4) is 6.07 Å². The Balaban J connectivity index is 4.33. The summed E-state index contributed by atoms with van der Waals surface area (Å²) >= 11 is 0. The third-order valence-corrected chi connectivity index (χ3v) is 1.36. The maximum absolute atomic E-state index is 11.9. The summed E-state index contributed by atoms with van der Waals surface area (Å²) in [4.78, 5) is 10.1. The monoisotopic (exact) mass is 196 g/mol. The van der Waals surface area contributed by atoms with Gasteiger partial charge in [0.15, 0.2) is 0 Å². The summed E-state index contributed by atoms with van der Waals surface area (Å²) in [7, 11) is 0. The Bertz CT molecular complexity index is 233. The molecule has 4 nitrogen and oxygen atoms in total. The van der Waals surface area contributed by atoms with Gasteiger partial charge in [-0.15, -0.1) is 0 Å². The first kappa shape index (κ1) is 11.7. The van der Waals surface area contributed by atoms with E-state index in [9.17, 15) is 18.0 Å². The first-order valence-electron chi connectivity index (χ1n) is 3.23. The highest BCUT2D eigenvalue weighted by Gasteiger charge is 2.41. The van der Waals surface area contributed by atoms with Crippen molar-refractivity contribution < 1.29 is 23.1 Å². The fourth-order valence-corrected chi connectivity index (χ4v) is 0.614. The van der Waals surface area contributed by atoms with Crippen LogP contribution >= 0.6 is 0 Å². The van der Waals surface area contributed by atoms with Crippen LogP contribution in [0.15, 0.2) is 0 Å². The number of hydrogen-bond acceptors (Lipinski definition) is 3. The Morgan fingerprint density at radius 1 is 1.62 bits per heavy atom. The molecule has 7 heteroatoms. The lowest BCUT2D eigenvalue weighted by Crippen LogP contribution is -2.36. The quantitative estimate of drug-likeness (QED) is 0.687. The SMILES string of the molecule is N#CC(C[C@H](N)C(=O)O)C(F)(F)F. The fraction of sp³-hybridized carbons (Fsp3) is 0.667. The Morgan fingerprint density at radius 2 is 2.08 bits per heavy atom. The van der Waals surface area contributed by atoms with Gasteiger partial charge in [0.25, 0.3) is 0 Å². The number of aliphatic carboxylic acids is 1. The molecule has 0 spiro atoms. The normalized spacial score (nSPS) is 15.9. The van der Waals surface area contributed by atoms with Crippen molar-refractivity contribution in [3.63, 3.8) is 0 Å². The van der Waals surface area contributed by atoms with Crippen LogP contribution in [0.1, 0.15) is 6.42 Å². The smallest absolute Gasteiger partial charge is 0.404 e. The molecule has 0 aliphatic carbocycles. The molecule has 3 N–H and O–H groups in total. The molecule has 1 unspecified atom stereocenters. The highest BCUT2D eigenvalue weighted by atomic mass is 19.4. The Kier molecular flexibility index (Phi) is 3.69. The van der Waals surface area contributed by atoms with Crippen LogP contribution in [0.3, 0.4) is 0 Å². The minimum atomic E-state index is -4.72. The minimum Gasteiger partial charge on any atom is -0.480 e. The molecule has 74 valence electrons. The molecular formula is C6H7F3N2O2. The summed E-state index contributed by atoms with van der Waals surface area (Å²) < 4.78 is 35.6. The van der Waals surface area contributed by atoms with E-state index >= 15 is 0 Å². The molecule has 0 aromatic heterocycles. The van der Waals surface area contributed by atoms with Crippen LogP contribution in [0.4, 0.5) is 13.2 Å². The van der Waals surface area contributed by atoms with Crippen LogP contribution in [0, 0.1) is 17.2 Å². The zero-order valence-electron chi connectivity index (χ0n) is 6.38. The predicted octanol–water partition coefficient (Wildman–Crippen LogP) is 0.490. The number of halogens is 3. The van der Waals surface area contributed by atoms with Gasteiger partial charge in [-0.1, -0.05) is 0 Å². The van der Waals surface area contributed by atoms with Crippen LogP contribution in [0.2, 0.25) is 0 Å². The summed E-state index contributed by atoms with van der Waals surface area (Å²) in [5.41, 5.74) is 4.84. The van der Waals surface area contributed by atoms with Crippen molar-refractivity contribution in [2.75, 3.05) is 0 Å². The predicted molar refractivity (Wildman–Crippen MR) is 35.4 cm³/mol. The van der Waals surface area contributed by atoms with Crippen molar-refractivity contribution >= 4 is 5.97 Å². The fourth-order valence-electron chi connectivity index (χ4n) is 0.614. The van der Waals surface area contributed by atoms with E-state index in [4.69, 9.17) is 16.1 Å². The number of alkyl halides is 3. The number of nitrogens with two attached hydrogens (primary N) is 1. The molecule has 0 saturated carbocycles. The molecular weight excluding hydrogens is 189 g/mol. The summed E-state index contributed by atoms with van der Waals surface area (Å²) in [6.07, 6.45) is -5.64. The number of carboxylic acids is 1. The number of nitrogens with zero attached hydrogens (tertiary/aromatic N) is 1. The van der Waals surface area contributed by atoms with Crippen molar-refractivity contribution in [1.82, 2.24) is 0 Å². The van der Waals surface area contributed by atoms with Crippen molar-refractivity contribution in [2.45, 2.75) is 18.6 Å². The number of rotatable bonds is 3. The highest BCUT2D eigenvalue weighted by molar-refractivity contribution is 5.73. The number of carbonyl (C=O) groups is 1.